The molecule has 3 heterocycles. The highest BCUT2D eigenvalue weighted by molar-refractivity contribution is 6.19. The number of hydrogen-bond donors (Lipinski definition) is 0. The van der Waals surface area contributed by atoms with Crippen LogP contribution in [0.25, 0.3) is 49.6 Å². The molecule has 7 rings (SSSR count). The Morgan fingerprint density at radius 3 is 2.38 bits per heavy atom. The van der Waals surface area contributed by atoms with E-state index in [2.05, 4.69) is 116 Å². The summed E-state index contributed by atoms with van der Waals surface area (Å²) < 4.78 is 4.77. The summed E-state index contributed by atoms with van der Waals surface area (Å²) in [5, 5.41) is 4.07. The van der Waals surface area contributed by atoms with Crippen LogP contribution >= 0.6 is 0 Å². The molecule has 0 unspecified atom stereocenters. The summed E-state index contributed by atoms with van der Waals surface area (Å²) in [5.74, 6) is 0. The molecule has 0 fully saturated rings. The number of nitrogens with zero attached hydrogens (tertiary/aromatic N) is 2. The van der Waals surface area contributed by atoms with Crippen LogP contribution in [0, 0.1) is 6.92 Å². The van der Waals surface area contributed by atoms with Gasteiger partial charge in [0, 0.05) is 50.5 Å². The first-order valence-corrected chi connectivity index (χ1v) is 11.4. The van der Waals surface area contributed by atoms with Crippen LogP contribution in [0.3, 0.4) is 0 Å². The second kappa shape index (κ2) is 5.77. The topological polar surface area (TPSA) is 8.29 Å². The number of rotatable bonds is 1. The van der Waals surface area contributed by atoms with Crippen LogP contribution in [0.1, 0.15) is 30.7 Å². The number of para-hydroxylation sites is 2. The van der Waals surface area contributed by atoms with Crippen molar-refractivity contribution in [1.29, 1.82) is 0 Å². The van der Waals surface area contributed by atoms with Crippen LogP contribution in [-0.4, -0.2) is 4.40 Å². The minimum absolute atomic E-state index is 0.0689. The van der Waals surface area contributed by atoms with Gasteiger partial charge in [-0.2, -0.15) is 0 Å². The Morgan fingerprint density at radius 1 is 0.781 bits per heavy atom. The highest BCUT2D eigenvalue weighted by atomic mass is 15.0. The molecule has 2 heteroatoms. The summed E-state index contributed by atoms with van der Waals surface area (Å²) >= 11 is 0. The molecule has 0 radical (unpaired) electrons. The van der Waals surface area contributed by atoms with Gasteiger partial charge >= 0.3 is 0 Å². The molecule has 154 valence electrons. The fraction of sp³-hybridized carbons (Fsp3) is 0.167. The van der Waals surface area contributed by atoms with Crippen molar-refractivity contribution in [2.24, 2.45) is 7.05 Å². The van der Waals surface area contributed by atoms with Crippen LogP contribution in [0.5, 0.6) is 0 Å². The molecule has 0 saturated carbocycles. The Morgan fingerprint density at radius 2 is 1.53 bits per heavy atom. The molecule has 3 aromatic carbocycles. The van der Waals surface area contributed by atoms with E-state index in [-0.39, 0.29) is 5.41 Å². The van der Waals surface area contributed by atoms with Gasteiger partial charge in [-0.25, -0.2) is 4.57 Å². The molecule has 0 spiro atoms. The Hall–Kier alpha value is -3.65. The lowest BCUT2D eigenvalue weighted by atomic mass is 9.83. The zero-order valence-corrected chi connectivity index (χ0v) is 18.9. The molecular weight excluding hydrogens is 388 g/mol. The monoisotopic (exact) mass is 413 g/mol. The maximum absolute atomic E-state index is 2.55. The second-order valence-corrected chi connectivity index (χ2v) is 9.81. The first-order valence-electron chi connectivity index (χ1n) is 11.4. The lowest BCUT2D eigenvalue weighted by Crippen LogP contribution is -2.30. The second-order valence-electron chi connectivity index (χ2n) is 9.81. The standard InChI is InChI=1S/C30H25N2/c1-18-16-24-23(17-22(18)25-13-7-8-15-31(25)4)27-21-12-9-11-20-19-10-5-6-14-26(19)32(28(20)21)29(27)30(24,2)3/h5-17H,1-4H3/q+1. The van der Waals surface area contributed by atoms with Crippen molar-refractivity contribution in [2.75, 3.05) is 0 Å². The zero-order chi connectivity index (χ0) is 21.8. The lowest BCUT2D eigenvalue weighted by Gasteiger charge is -2.22. The predicted molar refractivity (Wildman–Crippen MR) is 133 cm³/mol. The van der Waals surface area contributed by atoms with Gasteiger partial charge in [0.1, 0.15) is 7.05 Å². The van der Waals surface area contributed by atoms with Gasteiger partial charge in [0.25, 0.3) is 0 Å². The van der Waals surface area contributed by atoms with Crippen LogP contribution < -0.4 is 4.57 Å². The number of aryl methyl sites for hydroxylation is 2. The first-order chi connectivity index (χ1) is 15.5. The van der Waals surface area contributed by atoms with Crippen molar-refractivity contribution >= 4 is 27.2 Å². The molecule has 0 bridgehead atoms. The van der Waals surface area contributed by atoms with Crippen molar-refractivity contribution in [3.05, 3.63) is 95.8 Å². The molecule has 1 aliphatic rings. The van der Waals surface area contributed by atoms with Gasteiger partial charge in [0.15, 0.2) is 6.20 Å². The van der Waals surface area contributed by atoms with E-state index in [9.17, 15) is 0 Å². The normalized spacial score (nSPS) is 14.5. The van der Waals surface area contributed by atoms with Crippen LogP contribution in [0.15, 0.2) is 79.0 Å². The van der Waals surface area contributed by atoms with Crippen molar-refractivity contribution in [1.82, 2.24) is 4.40 Å². The molecule has 0 aliphatic heterocycles. The summed E-state index contributed by atoms with van der Waals surface area (Å²) in [4.78, 5) is 0. The number of aromatic nitrogens is 2. The van der Waals surface area contributed by atoms with Crippen molar-refractivity contribution in [3.63, 3.8) is 0 Å². The van der Waals surface area contributed by atoms with E-state index in [1.54, 1.807) is 0 Å². The average molecular weight is 414 g/mol. The van der Waals surface area contributed by atoms with Crippen LogP contribution in [0.4, 0.5) is 0 Å². The maximum Gasteiger partial charge on any atom is 0.212 e. The van der Waals surface area contributed by atoms with E-state index in [1.807, 2.05) is 0 Å². The summed E-state index contributed by atoms with van der Waals surface area (Å²) in [6, 6.07) is 27.0. The van der Waals surface area contributed by atoms with E-state index in [1.165, 1.54) is 66.4 Å². The fourth-order valence-corrected chi connectivity index (χ4v) is 6.20. The third kappa shape index (κ3) is 1.99. The molecule has 1 aliphatic carbocycles. The minimum atomic E-state index is -0.0689. The molecule has 0 atom stereocenters. The van der Waals surface area contributed by atoms with Gasteiger partial charge in [0.2, 0.25) is 5.69 Å². The SMILES string of the molecule is Cc1cc2c(cc1-c1cccc[n+]1C)-c1c(n3c4ccccc4c4cccc1c43)C2(C)C. The van der Waals surface area contributed by atoms with Gasteiger partial charge in [-0.05, 0) is 41.8 Å². The highest BCUT2D eigenvalue weighted by Gasteiger charge is 2.41. The number of hydrogen-bond acceptors (Lipinski definition) is 0. The fourth-order valence-electron chi connectivity index (χ4n) is 6.20. The van der Waals surface area contributed by atoms with E-state index < -0.39 is 0 Å². The lowest BCUT2D eigenvalue weighted by molar-refractivity contribution is -0.660. The number of fused-ring (bicyclic) bond motifs is 8. The van der Waals surface area contributed by atoms with E-state index in [0.717, 1.165) is 0 Å². The third-order valence-corrected chi connectivity index (χ3v) is 7.65. The molecule has 0 amide bonds. The van der Waals surface area contributed by atoms with Crippen LogP contribution in [-0.2, 0) is 12.5 Å². The highest BCUT2D eigenvalue weighted by Crippen LogP contribution is 2.55. The van der Waals surface area contributed by atoms with Crippen molar-refractivity contribution in [3.8, 4) is 22.4 Å². The molecule has 0 N–H and O–H groups in total. The maximum atomic E-state index is 2.55. The summed E-state index contributed by atoms with van der Waals surface area (Å²) in [5.41, 5.74) is 12.2. The number of benzene rings is 3. The van der Waals surface area contributed by atoms with Crippen molar-refractivity contribution in [2.45, 2.75) is 26.2 Å². The van der Waals surface area contributed by atoms with E-state index >= 15 is 0 Å². The van der Waals surface area contributed by atoms with Crippen molar-refractivity contribution < 1.29 is 4.57 Å². The van der Waals surface area contributed by atoms with Gasteiger partial charge in [-0.15, -0.1) is 0 Å². The zero-order valence-electron chi connectivity index (χ0n) is 18.9. The Labute approximate surface area is 187 Å². The molecule has 3 aromatic heterocycles. The molecular formula is C30H25N2+. The van der Waals surface area contributed by atoms with Gasteiger partial charge < -0.3 is 4.40 Å². The average Bonchev–Trinajstić information content (AvgIpc) is 3.38. The first kappa shape index (κ1) is 18.0. The Balaban J connectivity index is 1.66. The Kier molecular flexibility index (Phi) is 3.24. The van der Waals surface area contributed by atoms with E-state index in [4.69, 9.17) is 0 Å². The third-order valence-electron chi connectivity index (χ3n) is 7.65. The van der Waals surface area contributed by atoms with Gasteiger partial charge in [-0.3, -0.25) is 0 Å². The Bertz CT molecular complexity index is 1710. The molecule has 32 heavy (non-hydrogen) atoms. The predicted octanol–water partition coefficient (Wildman–Crippen LogP) is 6.79. The van der Waals surface area contributed by atoms with E-state index in [0.29, 0.717) is 0 Å². The minimum Gasteiger partial charge on any atom is -0.311 e. The van der Waals surface area contributed by atoms with Gasteiger partial charge in [0.05, 0.1) is 11.0 Å². The summed E-state index contributed by atoms with van der Waals surface area (Å²) in [6.07, 6.45) is 2.13. The quantitative estimate of drug-likeness (QED) is 0.262. The summed E-state index contributed by atoms with van der Waals surface area (Å²) in [7, 11) is 2.13. The largest absolute Gasteiger partial charge is 0.311 e. The molecule has 2 nitrogen and oxygen atoms in total. The molecule has 0 saturated heterocycles. The number of pyridine rings is 1. The summed E-state index contributed by atoms with van der Waals surface area (Å²) in [6.45, 7) is 7.03. The smallest absolute Gasteiger partial charge is 0.212 e. The van der Waals surface area contributed by atoms with Crippen LogP contribution in [0.2, 0.25) is 0 Å². The molecule has 6 aromatic rings. The van der Waals surface area contributed by atoms with Gasteiger partial charge in [-0.1, -0.05) is 56.3 Å².